The monoisotopic (exact) mass is 722 g/mol. The number of hydrazone groups is 2. The molecule has 0 bridgehead atoms. The van der Waals surface area contributed by atoms with E-state index in [1.54, 1.807) is 24.3 Å². The predicted molar refractivity (Wildman–Crippen MR) is 174 cm³/mol. The summed E-state index contributed by atoms with van der Waals surface area (Å²) in [4.78, 5) is 24.4. The summed E-state index contributed by atoms with van der Waals surface area (Å²) in [5.41, 5.74) is 7.55. The van der Waals surface area contributed by atoms with Crippen molar-refractivity contribution in [3.8, 4) is 23.0 Å². The van der Waals surface area contributed by atoms with Gasteiger partial charge in [0, 0.05) is 0 Å². The molecule has 4 aromatic rings. The summed E-state index contributed by atoms with van der Waals surface area (Å²) in [5.74, 6) is -0.0303. The lowest BCUT2D eigenvalue weighted by atomic mass is 10.2. The molecular formula is C32H28Br2N4O6. The molecule has 226 valence electrons. The normalized spacial score (nSPS) is 10.9. The maximum Gasteiger partial charge on any atom is 0.331 e. The van der Waals surface area contributed by atoms with E-state index in [4.69, 9.17) is 18.9 Å². The summed E-state index contributed by atoms with van der Waals surface area (Å²) in [7, 11) is 3.04. The van der Waals surface area contributed by atoms with Crippen LogP contribution in [0.5, 0.6) is 23.0 Å². The Bertz CT molecular complexity index is 1530. The van der Waals surface area contributed by atoms with Crippen molar-refractivity contribution in [1.29, 1.82) is 0 Å². The number of nitrogens with zero attached hydrogens (tertiary/aromatic N) is 2. The predicted octanol–water partition coefficient (Wildman–Crippen LogP) is 5.99. The number of methoxy groups -OCH3 is 2. The van der Waals surface area contributed by atoms with Crippen LogP contribution in [0.3, 0.4) is 0 Å². The highest BCUT2D eigenvalue weighted by Crippen LogP contribution is 2.38. The van der Waals surface area contributed by atoms with Gasteiger partial charge in [-0.05, 0) is 78.4 Å². The lowest BCUT2D eigenvalue weighted by molar-refractivity contribution is -0.139. The first-order chi connectivity index (χ1) is 21.4. The van der Waals surface area contributed by atoms with Crippen molar-refractivity contribution in [2.45, 2.75) is 13.2 Å². The van der Waals surface area contributed by atoms with Crippen LogP contribution < -0.4 is 29.8 Å². The molecule has 0 aromatic heterocycles. The Morgan fingerprint density at radius 2 is 1.05 bits per heavy atom. The van der Waals surface area contributed by atoms with Crippen LogP contribution in [0.1, 0.15) is 22.3 Å². The second-order valence-electron chi connectivity index (χ2n) is 9.02. The van der Waals surface area contributed by atoms with Crippen LogP contribution in [0.2, 0.25) is 0 Å². The molecule has 10 nitrogen and oxygen atoms in total. The third-order valence-corrected chi connectivity index (χ3v) is 7.10. The van der Waals surface area contributed by atoms with Crippen molar-refractivity contribution in [2.75, 3.05) is 14.2 Å². The van der Waals surface area contributed by atoms with E-state index in [0.29, 0.717) is 56.3 Å². The van der Waals surface area contributed by atoms with E-state index in [-0.39, 0.29) is 0 Å². The second-order valence-corrected chi connectivity index (χ2v) is 10.7. The molecule has 4 rings (SSSR count). The van der Waals surface area contributed by atoms with Gasteiger partial charge in [0.2, 0.25) is 0 Å². The summed E-state index contributed by atoms with van der Waals surface area (Å²) in [6, 6.07) is 26.3. The second kappa shape index (κ2) is 16.2. The van der Waals surface area contributed by atoms with Gasteiger partial charge in [-0.15, -0.1) is 0 Å². The number of carbonyl (C=O) groups excluding carboxylic acids is 2. The smallest absolute Gasteiger partial charge is 0.331 e. The van der Waals surface area contributed by atoms with Gasteiger partial charge in [0.05, 0.1) is 35.6 Å². The van der Waals surface area contributed by atoms with Crippen molar-refractivity contribution < 1.29 is 28.5 Å². The van der Waals surface area contributed by atoms with E-state index in [9.17, 15) is 9.59 Å². The largest absolute Gasteiger partial charge is 0.493 e. The topological polar surface area (TPSA) is 120 Å². The maximum atomic E-state index is 12.2. The van der Waals surface area contributed by atoms with Crippen LogP contribution in [-0.4, -0.2) is 38.5 Å². The Balaban J connectivity index is 1.30. The van der Waals surface area contributed by atoms with Gasteiger partial charge in [-0.1, -0.05) is 60.7 Å². The van der Waals surface area contributed by atoms with Crippen molar-refractivity contribution in [2.24, 2.45) is 10.2 Å². The zero-order valence-corrected chi connectivity index (χ0v) is 26.9. The summed E-state index contributed by atoms with van der Waals surface area (Å²) in [6.45, 7) is 0.715. The fourth-order valence-corrected chi connectivity index (χ4v) is 4.95. The highest BCUT2D eigenvalue weighted by Gasteiger charge is 2.14. The highest BCUT2D eigenvalue weighted by molar-refractivity contribution is 9.11. The third kappa shape index (κ3) is 9.16. The van der Waals surface area contributed by atoms with Gasteiger partial charge in [-0.3, -0.25) is 9.59 Å². The number of nitrogens with one attached hydrogen (secondary N) is 2. The molecule has 0 saturated heterocycles. The summed E-state index contributed by atoms with van der Waals surface area (Å²) in [6.07, 6.45) is 2.74. The molecular weight excluding hydrogens is 696 g/mol. The van der Waals surface area contributed by atoms with Gasteiger partial charge in [0.15, 0.2) is 23.0 Å². The van der Waals surface area contributed by atoms with Crippen LogP contribution in [0.4, 0.5) is 0 Å². The van der Waals surface area contributed by atoms with Crippen LogP contribution in [-0.2, 0) is 22.8 Å². The molecule has 0 atom stereocenters. The van der Waals surface area contributed by atoms with E-state index < -0.39 is 11.8 Å². The van der Waals surface area contributed by atoms with E-state index in [1.807, 2.05) is 60.7 Å². The molecule has 2 N–H and O–H groups in total. The number of benzene rings is 4. The summed E-state index contributed by atoms with van der Waals surface area (Å²) >= 11 is 6.97. The molecule has 4 aromatic carbocycles. The standard InChI is InChI=1S/C32H28Br2N4O6/c1-41-27-15-23(13-25(33)29(27)43-19-21-9-5-3-6-10-21)17-35-37-31(39)32(40)38-36-18-24-14-26(34)30(28(16-24)42-2)44-20-22-11-7-4-8-12-22/h3-18H,19-20H2,1-2H3,(H,37,39)(H,38,40)/b35-17-,36-18?. The Morgan fingerprint density at radius 1 is 0.659 bits per heavy atom. The number of hydrogen-bond donors (Lipinski definition) is 2. The average molecular weight is 724 g/mol. The molecule has 0 aliphatic rings. The number of amides is 2. The maximum absolute atomic E-state index is 12.2. The van der Waals surface area contributed by atoms with E-state index in [2.05, 4.69) is 52.9 Å². The molecule has 0 radical (unpaired) electrons. The SMILES string of the molecule is COc1cc(C=NNC(=O)C(=O)N/N=C\c2cc(Br)c(OCc3ccccc3)c(OC)c2)cc(Br)c1OCc1ccccc1. The molecule has 0 aliphatic heterocycles. The fraction of sp³-hybridized carbons (Fsp3) is 0.125. The molecule has 0 saturated carbocycles. The van der Waals surface area contributed by atoms with Crippen LogP contribution in [0.25, 0.3) is 0 Å². The van der Waals surface area contributed by atoms with Crippen LogP contribution >= 0.6 is 31.9 Å². The molecule has 0 aliphatic carbocycles. The van der Waals surface area contributed by atoms with Crippen molar-refractivity contribution in [3.63, 3.8) is 0 Å². The number of rotatable bonds is 12. The molecule has 0 fully saturated rings. The van der Waals surface area contributed by atoms with Gasteiger partial charge >= 0.3 is 11.8 Å². The Labute approximate surface area is 271 Å². The fourth-order valence-electron chi connectivity index (χ4n) is 3.80. The van der Waals surface area contributed by atoms with Gasteiger partial charge in [-0.25, -0.2) is 10.9 Å². The minimum absolute atomic E-state index is 0.357. The molecule has 0 heterocycles. The van der Waals surface area contributed by atoms with Crippen molar-refractivity contribution in [1.82, 2.24) is 10.9 Å². The number of carbonyl (C=O) groups is 2. The average Bonchev–Trinajstić information content (AvgIpc) is 3.04. The first-order valence-electron chi connectivity index (χ1n) is 13.1. The van der Waals surface area contributed by atoms with Crippen LogP contribution in [0, 0.1) is 0 Å². The zero-order chi connectivity index (χ0) is 31.3. The Hall–Kier alpha value is -4.68. The summed E-state index contributed by atoms with van der Waals surface area (Å²) < 4.78 is 24.0. The van der Waals surface area contributed by atoms with Gasteiger partial charge in [0.25, 0.3) is 0 Å². The first-order valence-corrected chi connectivity index (χ1v) is 14.7. The zero-order valence-electron chi connectivity index (χ0n) is 23.8. The van der Waals surface area contributed by atoms with E-state index in [0.717, 1.165) is 11.1 Å². The number of ether oxygens (including phenoxy) is 4. The van der Waals surface area contributed by atoms with Crippen LogP contribution in [0.15, 0.2) is 104 Å². The highest BCUT2D eigenvalue weighted by atomic mass is 79.9. The lowest BCUT2D eigenvalue weighted by Crippen LogP contribution is -2.35. The third-order valence-electron chi connectivity index (χ3n) is 5.92. The lowest BCUT2D eigenvalue weighted by Gasteiger charge is -2.13. The first kappa shape index (κ1) is 32.2. The molecule has 12 heteroatoms. The molecule has 0 unspecified atom stereocenters. The van der Waals surface area contributed by atoms with Crippen molar-refractivity contribution >= 4 is 56.1 Å². The number of halogens is 2. The molecule has 0 spiro atoms. The Morgan fingerprint density at radius 3 is 1.41 bits per heavy atom. The summed E-state index contributed by atoms with van der Waals surface area (Å²) in [5, 5.41) is 7.72. The van der Waals surface area contributed by atoms with Gasteiger partial charge in [0.1, 0.15) is 13.2 Å². The quantitative estimate of drug-likeness (QED) is 0.105. The minimum Gasteiger partial charge on any atom is -0.493 e. The Kier molecular flexibility index (Phi) is 11.9. The minimum atomic E-state index is -1.00. The van der Waals surface area contributed by atoms with E-state index >= 15 is 0 Å². The van der Waals surface area contributed by atoms with Gasteiger partial charge in [-0.2, -0.15) is 10.2 Å². The van der Waals surface area contributed by atoms with E-state index in [1.165, 1.54) is 26.6 Å². The molecule has 44 heavy (non-hydrogen) atoms. The van der Waals surface area contributed by atoms with Crippen molar-refractivity contribution in [3.05, 3.63) is 116 Å². The molecule has 2 amide bonds. The van der Waals surface area contributed by atoms with Gasteiger partial charge < -0.3 is 18.9 Å². The number of hydrogen-bond acceptors (Lipinski definition) is 8.